The molecule has 76 valence electrons. The molecule has 1 fully saturated rings. The summed E-state index contributed by atoms with van der Waals surface area (Å²) in [5.41, 5.74) is 7.05. The van der Waals surface area contributed by atoms with Crippen molar-refractivity contribution in [3.63, 3.8) is 0 Å². The Morgan fingerprint density at radius 2 is 2.29 bits per heavy atom. The normalized spacial score (nSPS) is 17.9. The van der Waals surface area contributed by atoms with Gasteiger partial charge in [0.2, 0.25) is 0 Å². The van der Waals surface area contributed by atoms with E-state index in [1.807, 2.05) is 19.2 Å². The minimum absolute atomic E-state index is 0.0555. The van der Waals surface area contributed by atoms with Gasteiger partial charge in [-0.25, -0.2) is 4.98 Å². The highest BCUT2D eigenvalue weighted by molar-refractivity contribution is 5.49. The molecule has 0 aromatic carbocycles. The van der Waals surface area contributed by atoms with Gasteiger partial charge in [0.15, 0.2) is 0 Å². The topological polar surface area (TPSA) is 42.1 Å². The van der Waals surface area contributed by atoms with Crippen LogP contribution >= 0.6 is 0 Å². The summed E-state index contributed by atoms with van der Waals surface area (Å²) < 4.78 is 0. The Kier molecular flexibility index (Phi) is 2.42. The number of hydrogen-bond donors (Lipinski definition) is 1. The van der Waals surface area contributed by atoms with E-state index < -0.39 is 0 Å². The first-order chi connectivity index (χ1) is 6.70. The van der Waals surface area contributed by atoms with Crippen molar-refractivity contribution >= 4 is 5.82 Å². The second-order valence-electron chi connectivity index (χ2n) is 4.05. The molecule has 1 saturated carbocycles. The van der Waals surface area contributed by atoms with E-state index in [4.69, 9.17) is 5.73 Å². The summed E-state index contributed by atoms with van der Waals surface area (Å²) >= 11 is 0. The van der Waals surface area contributed by atoms with Crippen molar-refractivity contribution in [2.24, 2.45) is 5.73 Å². The molecule has 1 aromatic heterocycles. The Morgan fingerprint density at radius 1 is 1.57 bits per heavy atom. The second kappa shape index (κ2) is 3.58. The van der Waals surface area contributed by atoms with Gasteiger partial charge in [0.1, 0.15) is 5.82 Å². The SMILES string of the molecule is CC(N)c1cccnc1N(C)C1CC1. The molecule has 3 nitrogen and oxygen atoms in total. The van der Waals surface area contributed by atoms with Crippen molar-refractivity contribution < 1.29 is 0 Å². The number of anilines is 1. The summed E-state index contributed by atoms with van der Waals surface area (Å²) in [6.07, 6.45) is 4.40. The number of nitrogens with two attached hydrogens (primary N) is 1. The number of rotatable bonds is 3. The highest BCUT2D eigenvalue weighted by Crippen LogP contribution is 2.32. The molecule has 1 aromatic rings. The molecule has 0 aliphatic heterocycles. The number of nitrogens with zero attached hydrogens (tertiary/aromatic N) is 2. The van der Waals surface area contributed by atoms with Gasteiger partial charge >= 0.3 is 0 Å². The minimum atomic E-state index is 0.0555. The average molecular weight is 191 g/mol. The summed E-state index contributed by atoms with van der Waals surface area (Å²) in [5.74, 6) is 1.05. The van der Waals surface area contributed by atoms with Gasteiger partial charge < -0.3 is 10.6 Å². The molecule has 0 saturated heterocycles. The molecule has 1 heterocycles. The first-order valence-corrected chi connectivity index (χ1v) is 5.13. The first-order valence-electron chi connectivity index (χ1n) is 5.13. The molecule has 1 aliphatic rings. The fourth-order valence-electron chi connectivity index (χ4n) is 1.69. The van der Waals surface area contributed by atoms with Crippen LogP contribution in [0.3, 0.4) is 0 Å². The van der Waals surface area contributed by atoms with Gasteiger partial charge in [-0.1, -0.05) is 6.07 Å². The van der Waals surface area contributed by atoms with Crippen LogP contribution in [0.15, 0.2) is 18.3 Å². The van der Waals surface area contributed by atoms with Crippen LogP contribution in [0.1, 0.15) is 31.4 Å². The lowest BCUT2D eigenvalue weighted by Crippen LogP contribution is -2.23. The van der Waals surface area contributed by atoms with E-state index in [1.165, 1.54) is 12.8 Å². The molecule has 2 N–H and O–H groups in total. The largest absolute Gasteiger partial charge is 0.356 e. The van der Waals surface area contributed by atoms with Gasteiger partial charge in [0.25, 0.3) is 0 Å². The third-order valence-electron chi connectivity index (χ3n) is 2.74. The molecule has 14 heavy (non-hydrogen) atoms. The summed E-state index contributed by atoms with van der Waals surface area (Å²) in [6.45, 7) is 2.00. The average Bonchev–Trinajstić information content (AvgIpc) is 3.00. The molecule has 0 amide bonds. The zero-order chi connectivity index (χ0) is 10.1. The Bertz CT molecular complexity index is 318. The minimum Gasteiger partial charge on any atom is -0.356 e. The number of hydrogen-bond acceptors (Lipinski definition) is 3. The van der Waals surface area contributed by atoms with Gasteiger partial charge in [0.05, 0.1) is 0 Å². The Hall–Kier alpha value is -1.09. The van der Waals surface area contributed by atoms with Crippen LogP contribution in [0.25, 0.3) is 0 Å². The Morgan fingerprint density at radius 3 is 2.86 bits per heavy atom. The fraction of sp³-hybridized carbons (Fsp3) is 0.545. The van der Waals surface area contributed by atoms with Gasteiger partial charge in [0, 0.05) is 30.9 Å². The molecule has 0 bridgehead atoms. The maximum absolute atomic E-state index is 5.91. The Labute approximate surface area is 84.9 Å². The molecule has 0 radical (unpaired) electrons. The van der Waals surface area contributed by atoms with Crippen molar-refractivity contribution in [1.82, 2.24) is 4.98 Å². The van der Waals surface area contributed by atoms with Crippen molar-refractivity contribution in [3.8, 4) is 0 Å². The van der Waals surface area contributed by atoms with Crippen LogP contribution in [-0.4, -0.2) is 18.1 Å². The van der Waals surface area contributed by atoms with E-state index >= 15 is 0 Å². The number of pyridine rings is 1. The van der Waals surface area contributed by atoms with Crippen molar-refractivity contribution in [1.29, 1.82) is 0 Å². The predicted octanol–water partition coefficient (Wildman–Crippen LogP) is 1.70. The first kappa shape index (κ1) is 9.46. The predicted molar refractivity (Wildman–Crippen MR) is 58.3 cm³/mol. The van der Waals surface area contributed by atoms with E-state index in [0.29, 0.717) is 6.04 Å². The van der Waals surface area contributed by atoms with Gasteiger partial charge in [-0.2, -0.15) is 0 Å². The lowest BCUT2D eigenvalue weighted by molar-refractivity contribution is 0.787. The van der Waals surface area contributed by atoms with E-state index in [9.17, 15) is 0 Å². The molecule has 3 heteroatoms. The zero-order valence-electron chi connectivity index (χ0n) is 8.77. The van der Waals surface area contributed by atoms with E-state index in [0.717, 1.165) is 11.4 Å². The van der Waals surface area contributed by atoms with Crippen molar-refractivity contribution in [3.05, 3.63) is 23.9 Å². The van der Waals surface area contributed by atoms with Crippen LogP contribution < -0.4 is 10.6 Å². The quantitative estimate of drug-likeness (QED) is 0.790. The molecule has 1 atom stereocenters. The summed E-state index contributed by atoms with van der Waals surface area (Å²) in [7, 11) is 2.10. The van der Waals surface area contributed by atoms with Gasteiger partial charge in [-0.15, -0.1) is 0 Å². The molecule has 0 spiro atoms. The third-order valence-corrected chi connectivity index (χ3v) is 2.74. The Balaban J connectivity index is 2.30. The highest BCUT2D eigenvalue weighted by atomic mass is 15.2. The zero-order valence-corrected chi connectivity index (χ0v) is 8.77. The van der Waals surface area contributed by atoms with E-state index in [-0.39, 0.29) is 6.04 Å². The van der Waals surface area contributed by atoms with Crippen LogP contribution in [-0.2, 0) is 0 Å². The van der Waals surface area contributed by atoms with Gasteiger partial charge in [-0.05, 0) is 25.8 Å². The van der Waals surface area contributed by atoms with Crippen molar-refractivity contribution in [2.75, 3.05) is 11.9 Å². The smallest absolute Gasteiger partial charge is 0.133 e. The molecule has 1 unspecified atom stereocenters. The highest BCUT2D eigenvalue weighted by Gasteiger charge is 2.28. The lowest BCUT2D eigenvalue weighted by Gasteiger charge is -2.21. The van der Waals surface area contributed by atoms with E-state index in [2.05, 4.69) is 23.0 Å². The maximum atomic E-state index is 5.91. The maximum Gasteiger partial charge on any atom is 0.133 e. The van der Waals surface area contributed by atoms with Gasteiger partial charge in [-0.3, -0.25) is 0 Å². The van der Waals surface area contributed by atoms with E-state index in [1.54, 1.807) is 0 Å². The fourth-order valence-corrected chi connectivity index (χ4v) is 1.69. The monoisotopic (exact) mass is 191 g/mol. The van der Waals surface area contributed by atoms with Crippen LogP contribution in [0.2, 0.25) is 0 Å². The van der Waals surface area contributed by atoms with Crippen LogP contribution in [0.5, 0.6) is 0 Å². The standard InChI is InChI=1S/C11H17N3/c1-8(12)10-4-3-7-13-11(10)14(2)9-5-6-9/h3-4,7-9H,5-6,12H2,1-2H3. The van der Waals surface area contributed by atoms with Crippen molar-refractivity contribution in [2.45, 2.75) is 31.8 Å². The molecule has 1 aliphatic carbocycles. The lowest BCUT2D eigenvalue weighted by atomic mass is 10.1. The third kappa shape index (κ3) is 1.73. The molecule has 2 rings (SSSR count). The number of aromatic nitrogens is 1. The summed E-state index contributed by atoms with van der Waals surface area (Å²) in [4.78, 5) is 6.66. The second-order valence-corrected chi connectivity index (χ2v) is 4.05. The van der Waals surface area contributed by atoms with Crippen LogP contribution in [0.4, 0.5) is 5.82 Å². The summed E-state index contributed by atoms with van der Waals surface area (Å²) in [6, 6.07) is 4.75. The van der Waals surface area contributed by atoms with Crippen LogP contribution in [0, 0.1) is 0 Å². The molecular weight excluding hydrogens is 174 g/mol. The molecular formula is C11H17N3. The summed E-state index contributed by atoms with van der Waals surface area (Å²) in [5, 5.41) is 0.